The summed E-state index contributed by atoms with van der Waals surface area (Å²) in [5.41, 5.74) is 0. The summed E-state index contributed by atoms with van der Waals surface area (Å²) in [6.45, 7) is 0. The molecule has 0 bridgehead atoms. The molecule has 1 saturated heterocycles. The van der Waals surface area contributed by atoms with E-state index < -0.39 is 9.93 Å². The molecule has 0 aromatic carbocycles. The second-order valence-corrected chi connectivity index (χ2v) is 7.07. The fourth-order valence-electron chi connectivity index (χ4n) is 0.729. The van der Waals surface area contributed by atoms with Crippen molar-refractivity contribution in [1.29, 1.82) is 0 Å². The lowest BCUT2D eigenvalue weighted by Gasteiger charge is -2.22. The first kappa shape index (κ1) is 6.62. The van der Waals surface area contributed by atoms with Gasteiger partial charge in [0, 0.05) is 23.0 Å². The molecule has 0 aromatic heterocycles. The maximum Gasteiger partial charge on any atom is 0.0102 e. The molecule has 1 fully saturated rings. The third-order valence-corrected chi connectivity index (χ3v) is 5.35. The van der Waals surface area contributed by atoms with Gasteiger partial charge in [-0.2, -0.15) is 11.8 Å². The molecular formula is C5H12OS2. The summed E-state index contributed by atoms with van der Waals surface area (Å²) >= 11 is 1.92. The van der Waals surface area contributed by atoms with Gasteiger partial charge in [0.2, 0.25) is 0 Å². The molecule has 3 heteroatoms. The van der Waals surface area contributed by atoms with E-state index >= 15 is 0 Å². The van der Waals surface area contributed by atoms with Crippen molar-refractivity contribution in [3.05, 3.63) is 0 Å². The van der Waals surface area contributed by atoms with Gasteiger partial charge in [0.05, 0.1) is 0 Å². The van der Waals surface area contributed by atoms with Gasteiger partial charge in [-0.25, -0.2) is 0 Å². The molecule has 0 amide bonds. The average molecular weight is 152 g/mol. The van der Waals surface area contributed by atoms with Gasteiger partial charge in [-0.15, -0.1) is 9.93 Å². The van der Waals surface area contributed by atoms with Crippen LogP contribution in [0.4, 0.5) is 0 Å². The molecule has 0 aliphatic carbocycles. The van der Waals surface area contributed by atoms with Crippen LogP contribution in [0.5, 0.6) is 0 Å². The van der Waals surface area contributed by atoms with E-state index in [1.165, 1.54) is 0 Å². The SMILES string of the molecule is C[SH]1(=O)CCSCC1. The van der Waals surface area contributed by atoms with Crippen molar-refractivity contribution in [2.45, 2.75) is 0 Å². The Morgan fingerprint density at radius 2 is 1.88 bits per heavy atom. The lowest BCUT2D eigenvalue weighted by atomic mass is 10.9. The van der Waals surface area contributed by atoms with Crippen LogP contribution >= 0.6 is 11.8 Å². The van der Waals surface area contributed by atoms with Crippen LogP contribution in [0, 0.1) is 0 Å². The minimum atomic E-state index is -1.61. The van der Waals surface area contributed by atoms with Crippen LogP contribution in [-0.4, -0.2) is 33.5 Å². The Labute approximate surface area is 55.7 Å². The van der Waals surface area contributed by atoms with Gasteiger partial charge < -0.3 is 0 Å². The fraction of sp³-hybridized carbons (Fsp3) is 1.00. The summed E-state index contributed by atoms with van der Waals surface area (Å²) in [4.78, 5) is 0. The summed E-state index contributed by atoms with van der Waals surface area (Å²) in [5.74, 6) is 4.18. The number of thioether (sulfide) groups is 1. The summed E-state index contributed by atoms with van der Waals surface area (Å²) in [5, 5.41) is 0. The average Bonchev–Trinajstić information content (AvgIpc) is 1.65. The van der Waals surface area contributed by atoms with E-state index in [-0.39, 0.29) is 0 Å². The molecule has 0 spiro atoms. The second kappa shape index (κ2) is 2.40. The smallest absolute Gasteiger partial charge is 0.0102 e. The maximum atomic E-state index is 11.2. The molecule has 0 radical (unpaired) electrons. The zero-order valence-corrected chi connectivity index (χ0v) is 6.80. The second-order valence-electron chi connectivity index (χ2n) is 2.36. The van der Waals surface area contributed by atoms with E-state index in [2.05, 4.69) is 0 Å². The van der Waals surface area contributed by atoms with Gasteiger partial charge in [-0.1, -0.05) is 0 Å². The molecule has 1 aliphatic rings. The molecule has 1 heterocycles. The lowest BCUT2D eigenvalue weighted by Crippen LogP contribution is -2.26. The van der Waals surface area contributed by atoms with Crippen LogP contribution in [0.3, 0.4) is 0 Å². The van der Waals surface area contributed by atoms with E-state index in [0.717, 1.165) is 23.0 Å². The molecule has 1 nitrogen and oxygen atoms in total. The van der Waals surface area contributed by atoms with E-state index in [1.807, 2.05) is 18.0 Å². The topological polar surface area (TPSA) is 17.1 Å². The quantitative estimate of drug-likeness (QED) is 0.505. The number of hydrogen-bond acceptors (Lipinski definition) is 2. The molecule has 1 rings (SSSR count). The molecule has 0 unspecified atom stereocenters. The highest BCUT2D eigenvalue weighted by atomic mass is 32.2. The summed E-state index contributed by atoms with van der Waals surface area (Å²) in [6, 6.07) is 0. The Hall–Kier alpha value is 0.500. The van der Waals surface area contributed by atoms with Crippen LogP contribution in [0.25, 0.3) is 0 Å². The highest BCUT2D eigenvalue weighted by Crippen LogP contribution is 2.14. The Kier molecular flexibility index (Phi) is 1.98. The van der Waals surface area contributed by atoms with Crippen LogP contribution in [0.1, 0.15) is 0 Å². The van der Waals surface area contributed by atoms with Crippen LogP contribution in [0.2, 0.25) is 0 Å². The summed E-state index contributed by atoms with van der Waals surface area (Å²) < 4.78 is 11.2. The standard InChI is InChI=1S/C5H12OS2/c1-8(6)4-2-7-3-5-8/h8H,2-5H2,1H3. The highest BCUT2D eigenvalue weighted by molar-refractivity contribution is 8.07. The Morgan fingerprint density at radius 3 is 2.12 bits per heavy atom. The van der Waals surface area contributed by atoms with Crippen molar-refractivity contribution in [3.8, 4) is 0 Å². The summed E-state index contributed by atoms with van der Waals surface area (Å²) in [6.07, 6.45) is 1.92. The van der Waals surface area contributed by atoms with E-state index in [0.29, 0.717) is 0 Å². The van der Waals surface area contributed by atoms with E-state index in [1.54, 1.807) is 0 Å². The third-order valence-electron chi connectivity index (χ3n) is 1.42. The number of thiol groups is 1. The molecule has 0 saturated carbocycles. The predicted molar refractivity (Wildman–Crippen MR) is 42.5 cm³/mol. The minimum Gasteiger partial charge on any atom is -0.285 e. The van der Waals surface area contributed by atoms with E-state index in [4.69, 9.17) is 0 Å². The first-order valence-electron chi connectivity index (χ1n) is 2.84. The summed E-state index contributed by atoms with van der Waals surface area (Å²) in [7, 11) is -1.61. The molecule has 50 valence electrons. The molecule has 8 heavy (non-hydrogen) atoms. The monoisotopic (exact) mass is 152 g/mol. The van der Waals surface area contributed by atoms with Gasteiger partial charge in [0.25, 0.3) is 0 Å². The van der Waals surface area contributed by atoms with Crippen molar-refractivity contribution < 1.29 is 4.21 Å². The first-order chi connectivity index (χ1) is 3.71. The zero-order chi connectivity index (χ0) is 6.04. The lowest BCUT2D eigenvalue weighted by molar-refractivity contribution is 0.676. The normalized spacial score (nSPS) is 31.6. The molecule has 0 N–H and O–H groups in total. The van der Waals surface area contributed by atoms with Gasteiger partial charge in [0.1, 0.15) is 0 Å². The Balaban J connectivity index is 2.45. The predicted octanol–water partition coefficient (Wildman–Crippen LogP) is 0.380. The van der Waals surface area contributed by atoms with Crippen LogP contribution < -0.4 is 0 Å². The number of rotatable bonds is 0. The van der Waals surface area contributed by atoms with Crippen molar-refractivity contribution >= 4 is 21.7 Å². The van der Waals surface area contributed by atoms with Crippen LogP contribution in [0.15, 0.2) is 0 Å². The van der Waals surface area contributed by atoms with Gasteiger partial charge in [0.15, 0.2) is 0 Å². The first-order valence-corrected chi connectivity index (χ1v) is 6.52. The molecule has 1 aliphatic heterocycles. The van der Waals surface area contributed by atoms with Crippen molar-refractivity contribution in [1.82, 2.24) is 0 Å². The Morgan fingerprint density at radius 1 is 1.38 bits per heavy atom. The van der Waals surface area contributed by atoms with Crippen LogP contribution in [-0.2, 0) is 9.93 Å². The van der Waals surface area contributed by atoms with Gasteiger partial charge in [-0.3, -0.25) is 4.21 Å². The fourth-order valence-corrected chi connectivity index (χ4v) is 5.28. The Bertz CT molecular complexity index is 112. The van der Waals surface area contributed by atoms with Gasteiger partial charge >= 0.3 is 0 Å². The molecule has 0 aromatic rings. The third kappa shape index (κ3) is 1.78. The zero-order valence-electron chi connectivity index (χ0n) is 5.09. The van der Waals surface area contributed by atoms with Crippen molar-refractivity contribution in [3.63, 3.8) is 0 Å². The maximum absolute atomic E-state index is 11.2. The molecule has 0 atom stereocenters. The highest BCUT2D eigenvalue weighted by Gasteiger charge is 2.12. The van der Waals surface area contributed by atoms with E-state index in [9.17, 15) is 4.21 Å². The van der Waals surface area contributed by atoms with Gasteiger partial charge in [-0.05, 0) is 6.26 Å². The van der Waals surface area contributed by atoms with Crippen molar-refractivity contribution in [2.75, 3.05) is 29.3 Å². The minimum absolute atomic E-state index is 0.970. The van der Waals surface area contributed by atoms with Crippen molar-refractivity contribution in [2.24, 2.45) is 0 Å². The largest absolute Gasteiger partial charge is 0.285 e. The molecular weight excluding hydrogens is 140 g/mol. The number of hydrogen-bond donors (Lipinski definition) is 1.